The highest BCUT2D eigenvalue weighted by Crippen LogP contribution is 2.24. The van der Waals surface area contributed by atoms with Crippen LogP contribution in [-0.4, -0.2) is 16.2 Å². The molecule has 0 aromatic heterocycles. The van der Waals surface area contributed by atoms with E-state index in [-0.39, 0.29) is 11.5 Å². The van der Waals surface area contributed by atoms with Gasteiger partial charge in [0, 0.05) is 0 Å². The minimum absolute atomic E-state index is 0.192. The predicted molar refractivity (Wildman–Crippen MR) is 43.4 cm³/mol. The van der Waals surface area contributed by atoms with Crippen molar-refractivity contribution in [3.05, 3.63) is 29.5 Å². The Morgan fingerprint density at radius 2 is 2.00 bits per heavy atom. The van der Waals surface area contributed by atoms with Crippen molar-refractivity contribution in [2.45, 2.75) is 0 Å². The van der Waals surface area contributed by atoms with Crippen molar-refractivity contribution in [1.29, 1.82) is 0 Å². The lowest BCUT2D eigenvalue weighted by atomic mass is 10.2. The Hall–Kier alpha value is -1.95. The zero-order chi connectivity index (χ0) is 8.97. The Bertz CT molecular complexity index is 369. The SMILES string of the molecule is O=C=C=Cc1ccc(O)c(O)c1. The van der Waals surface area contributed by atoms with Crippen molar-refractivity contribution in [3.8, 4) is 11.5 Å². The smallest absolute Gasteiger partial charge is 0.177 e. The molecule has 12 heavy (non-hydrogen) atoms. The number of carbonyl (C=O) groups excluding carboxylic acids is 1. The van der Waals surface area contributed by atoms with Crippen molar-refractivity contribution >= 4 is 12.0 Å². The van der Waals surface area contributed by atoms with Crippen LogP contribution in [0.3, 0.4) is 0 Å². The third kappa shape index (κ3) is 1.77. The number of aromatic hydroxyl groups is 2. The highest BCUT2D eigenvalue weighted by Gasteiger charge is 1.96. The quantitative estimate of drug-likeness (QED) is 0.369. The van der Waals surface area contributed by atoms with Gasteiger partial charge in [0.25, 0.3) is 0 Å². The Kier molecular flexibility index (Phi) is 2.34. The molecule has 0 bridgehead atoms. The van der Waals surface area contributed by atoms with E-state index in [2.05, 4.69) is 5.73 Å². The van der Waals surface area contributed by atoms with Crippen molar-refractivity contribution in [1.82, 2.24) is 0 Å². The molecule has 3 heteroatoms. The van der Waals surface area contributed by atoms with Crippen LogP contribution < -0.4 is 0 Å². The minimum atomic E-state index is -0.226. The summed E-state index contributed by atoms with van der Waals surface area (Å²) in [5.41, 5.74) is 2.77. The fourth-order valence-electron chi connectivity index (χ4n) is 0.743. The second-order valence-electron chi connectivity index (χ2n) is 2.14. The van der Waals surface area contributed by atoms with Gasteiger partial charge in [0.05, 0.1) is 0 Å². The Morgan fingerprint density at radius 1 is 1.25 bits per heavy atom. The van der Waals surface area contributed by atoms with Gasteiger partial charge in [0.15, 0.2) is 17.4 Å². The summed E-state index contributed by atoms with van der Waals surface area (Å²) in [4.78, 5) is 9.75. The summed E-state index contributed by atoms with van der Waals surface area (Å²) in [6.45, 7) is 0. The highest BCUT2D eigenvalue weighted by molar-refractivity contribution is 5.60. The third-order valence-corrected chi connectivity index (χ3v) is 1.30. The number of rotatable bonds is 1. The standard InChI is InChI=1S/C9H6O3/c10-5-1-2-7-3-4-8(11)9(12)6-7/h2-4,6,11-12H. The van der Waals surface area contributed by atoms with Gasteiger partial charge < -0.3 is 10.2 Å². The summed E-state index contributed by atoms with van der Waals surface area (Å²) >= 11 is 0. The Morgan fingerprint density at radius 3 is 2.58 bits per heavy atom. The number of phenols is 2. The van der Waals surface area contributed by atoms with Gasteiger partial charge in [0.1, 0.15) is 0 Å². The van der Waals surface area contributed by atoms with E-state index in [9.17, 15) is 4.79 Å². The maximum Gasteiger partial charge on any atom is 0.177 e. The van der Waals surface area contributed by atoms with Crippen LogP contribution in [0.2, 0.25) is 0 Å². The summed E-state index contributed by atoms with van der Waals surface area (Å²) in [5.74, 6) is 1.03. The fraction of sp³-hybridized carbons (Fsp3) is 0. The maximum absolute atomic E-state index is 9.75. The molecule has 1 aromatic carbocycles. The molecule has 0 radical (unpaired) electrons. The molecule has 1 aromatic rings. The van der Waals surface area contributed by atoms with E-state index in [1.165, 1.54) is 24.2 Å². The van der Waals surface area contributed by atoms with E-state index in [0.29, 0.717) is 5.56 Å². The Balaban J connectivity index is 3.13. The average molecular weight is 162 g/mol. The van der Waals surface area contributed by atoms with E-state index >= 15 is 0 Å². The molecular formula is C9H6O3. The van der Waals surface area contributed by atoms with Gasteiger partial charge in [-0.25, -0.2) is 4.79 Å². The predicted octanol–water partition coefficient (Wildman–Crippen LogP) is 1.10. The zero-order valence-corrected chi connectivity index (χ0v) is 6.11. The van der Waals surface area contributed by atoms with Gasteiger partial charge in [-0.05, 0) is 29.5 Å². The normalized spacial score (nSPS) is 8.33. The zero-order valence-electron chi connectivity index (χ0n) is 6.11. The van der Waals surface area contributed by atoms with Crippen LogP contribution in [0, 0.1) is 0 Å². The second kappa shape index (κ2) is 3.44. The molecule has 0 aliphatic carbocycles. The maximum atomic E-state index is 9.75. The van der Waals surface area contributed by atoms with E-state index in [4.69, 9.17) is 10.2 Å². The first kappa shape index (κ1) is 8.15. The summed E-state index contributed by atoms with van der Waals surface area (Å²) in [6.07, 6.45) is 1.35. The molecule has 0 saturated heterocycles. The first-order valence-electron chi connectivity index (χ1n) is 3.22. The second-order valence-corrected chi connectivity index (χ2v) is 2.14. The molecule has 0 saturated carbocycles. The molecule has 0 aliphatic rings. The fourth-order valence-corrected chi connectivity index (χ4v) is 0.743. The van der Waals surface area contributed by atoms with Gasteiger partial charge in [-0.2, -0.15) is 0 Å². The van der Waals surface area contributed by atoms with Gasteiger partial charge in [-0.15, -0.1) is 0 Å². The minimum Gasteiger partial charge on any atom is -0.504 e. The number of hydrogen-bond donors (Lipinski definition) is 2. The van der Waals surface area contributed by atoms with E-state index in [0.717, 1.165) is 0 Å². The lowest BCUT2D eigenvalue weighted by Gasteiger charge is -1.96. The monoisotopic (exact) mass is 162 g/mol. The van der Waals surface area contributed by atoms with Crippen LogP contribution in [0.1, 0.15) is 5.56 Å². The summed E-state index contributed by atoms with van der Waals surface area (Å²) in [6, 6.07) is 4.19. The largest absolute Gasteiger partial charge is 0.504 e. The summed E-state index contributed by atoms with van der Waals surface area (Å²) < 4.78 is 0. The van der Waals surface area contributed by atoms with Crippen molar-refractivity contribution in [2.75, 3.05) is 0 Å². The molecule has 0 fully saturated rings. The molecule has 60 valence electrons. The molecular weight excluding hydrogens is 156 g/mol. The van der Waals surface area contributed by atoms with Crippen LogP contribution >= 0.6 is 0 Å². The molecule has 0 amide bonds. The topological polar surface area (TPSA) is 57.5 Å². The average Bonchev–Trinajstić information content (AvgIpc) is 2.07. The van der Waals surface area contributed by atoms with Gasteiger partial charge >= 0.3 is 0 Å². The van der Waals surface area contributed by atoms with Crippen molar-refractivity contribution in [3.63, 3.8) is 0 Å². The molecule has 0 aliphatic heterocycles. The molecule has 0 spiro atoms. The van der Waals surface area contributed by atoms with Gasteiger partial charge in [0.2, 0.25) is 0 Å². The molecule has 0 atom stereocenters. The van der Waals surface area contributed by atoms with Crippen LogP contribution in [0.5, 0.6) is 11.5 Å². The van der Waals surface area contributed by atoms with Crippen LogP contribution in [0.15, 0.2) is 23.9 Å². The molecule has 0 unspecified atom stereocenters. The lowest BCUT2D eigenvalue weighted by Crippen LogP contribution is -1.71. The van der Waals surface area contributed by atoms with Gasteiger partial charge in [-0.3, -0.25) is 0 Å². The first-order valence-corrected chi connectivity index (χ1v) is 3.22. The van der Waals surface area contributed by atoms with E-state index in [1.807, 2.05) is 0 Å². The molecule has 0 heterocycles. The summed E-state index contributed by atoms with van der Waals surface area (Å²) in [7, 11) is 0. The molecule has 2 N–H and O–H groups in total. The van der Waals surface area contributed by atoms with Crippen LogP contribution in [-0.2, 0) is 4.79 Å². The van der Waals surface area contributed by atoms with Crippen molar-refractivity contribution in [2.24, 2.45) is 0 Å². The molecule has 1 rings (SSSR count). The summed E-state index contributed by atoms with van der Waals surface area (Å²) in [5, 5.41) is 17.9. The highest BCUT2D eigenvalue weighted by atomic mass is 16.3. The number of hydrogen-bond acceptors (Lipinski definition) is 3. The van der Waals surface area contributed by atoms with Crippen LogP contribution in [0.4, 0.5) is 0 Å². The van der Waals surface area contributed by atoms with E-state index < -0.39 is 0 Å². The molecule has 3 nitrogen and oxygen atoms in total. The number of benzene rings is 1. The Labute approximate surface area is 68.9 Å². The number of phenolic OH excluding ortho intramolecular Hbond substituents is 2. The van der Waals surface area contributed by atoms with E-state index in [1.54, 1.807) is 6.07 Å². The first-order chi connectivity index (χ1) is 5.74. The van der Waals surface area contributed by atoms with Crippen molar-refractivity contribution < 1.29 is 15.0 Å². The van der Waals surface area contributed by atoms with Gasteiger partial charge in [-0.1, -0.05) is 6.07 Å². The van der Waals surface area contributed by atoms with Crippen LogP contribution in [0.25, 0.3) is 6.08 Å². The third-order valence-electron chi connectivity index (χ3n) is 1.30. The lowest BCUT2D eigenvalue weighted by molar-refractivity contribution is 0.403.